The SMILES string of the molecule is COc1cc(-c2cnn(Cc3ccccc3)c2)[nH]c1C=C1N=C(C)C=C1C. The maximum absolute atomic E-state index is 5.55. The van der Waals surface area contributed by atoms with E-state index >= 15 is 0 Å². The minimum atomic E-state index is 0.744. The molecule has 0 unspecified atom stereocenters. The average Bonchev–Trinajstić information content (AvgIpc) is 3.35. The van der Waals surface area contributed by atoms with E-state index in [1.54, 1.807) is 7.11 Å². The number of nitrogens with one attached hydrogen (secondary N) is 1. The van der Waals surface area contributed by atoms with Gasteiger partial charge in [0.1, 0.15) is 5.75 Å². The topological polar surface area (TPSA) is 55.2 Å². The summed E-state index contributed by atoms with van der Waals surface area (Å²) in [5.74, 6) is 0.792. The highest BCUT2D eigenvalue weighted by Crippen LogP contribution is 2.30. The Bertz CT molecular complexity index is 1050. The van der Waals surface area contributed by atoms with Crippen LogP contribution in [0.4, 0.5) is 0 Å². The fourth-order valence-electron chi connectivity index (χ4n) is 3.22. The first-order chi connectivity index (χ1) is 13.1. The normalized spacial score (nSPS) is 15.1. The van der Waals surface area contributed by atoms with E-state index in [0.717, 1.165) is 46.2 Å². The number of aromatic nitrogens is 3. The lowest BCUT2D eigenvalue weighted by molar-refractivity contribution is 0.414. The van der Waals surface area contributed by atoms with E-state index in [1.165, 1.54) is 5.56 Å². The smallest absolute Gasteiger partial charge is 0.144 e. The summed E-state index contributed by atoms with van der Waals surface area (Å²) in [5.41, 5.74) is 7.25. The van der Waals surface area contributed by atoms with E-state index in [0.29, 0.717) is 0 Å². The first-order valence-electron chi connectivity index (χ1n) is 8.92. The van der Waals surface area contributed by atoms with Gasteiger partial charge in [-0.1, -0.05) is 30.3 Å². The summed E-state index contributed by atoms with van der Waals surface area (Å²) in [6.07, 6.45) is 8.02. The molecule has 1 aliphatic rings. The fraction of sp³-hybridized carbons (Fsp3) is 0.182. The Balaban J connectivity index is 1.61. The molecule has 0 bridgehead atoms. The fourth-order valence-corrected chi connectivity index (χ4v) is 3.22. The van der Waals surface area contributed by atoms with E-state index in [2.05, 4.69) is 40.2 Å². The largest absolute Gasteiger partial charge is 0.494 e. The first kappa shape index (κ1) is 17.1. The van der Waals surface area contributed by atoms with Gasteiger partial charge in [-0.15, -0.1) is 0 Å². The molecule has 3 aromatic rings. The number of methoxy groups -OCH3 is 1. The van der Waals surface area contributed by atoms with E-state index in [1.807, 2.05) is 54.3 Å². The van der Waals surface area contributed by atoms with Gasteiger partial charge < -0.3 is 9.72 Å². The molecule has 5 nitrogen and oxygen atoms in total. The summed E-state index contributed by atoms with van der Waals surface area (Å²) in [5, 5.41) is 4.49. The molecule has 2 aromatic heterocycles. The molecule has 0 atom stereocenters. The van der Waals surface area contributed by atoms with E-state index in [4.69, 9.17) is 4.74 Å². The number of rotatable bonds is 5. The molecule has 0 saturated carbocycles. The van der Waals surface area contributed by atoms with Crippen LogP contribution in [0.5, 0.6) is 5.75 Å². The quantitative estimate of drug-likeness (QED) is 0.719. The van der Waals surface area contributed by atoms with Gasteiger partial charge in [0.15, 0.2) is 0 Å². The van der Waals surface area contributed by atoms with Gasteiger partial charge in [-0.3, -0.25) is 9.67 Å². The summed E-state index contributed by atoms with van der Waals surface area (Å²) in [6.45, 7) is 4.81. The van der Waals surface area contributed by atoms with Gasteiger partial charge in [-0.25, -0.2) is 0 Å². The van der Waals surface area contributed by atoms with Crippen LogP contribution in [0.25, 0.3) is 17.3 Å². The van der Waals surface area contributed by atoms with Crippen LogP contribution in [0.1, 0.15) is 25.1 Å². The lowest BCUT2D eigenvalue weighted by Gasteiger charge is -2.00. The molecule has 1 aromatic carbocycles. The highest BCUT2D eigenvalue weighted by atomic mass is 16.5. The van der Waals surface area contributed by atoms with Crippen LogP contribution in [-0.2, 0) is 6.54 Å². The van der Waals surface area contributed by atoms with E-state index in [9.17, 15) is 0 Å². The Morgan fingerprint density at radius 2 is 2.00 bits per heavy atom. The minimum Gasteiger partial charge on any atom is -0.494 e. The van der Waals surface area contributed by atoms with Crippen molar-refractivity contribution in [1.29, 1.82) is 0 Å². The molecular formula is C22H22N4O. The Labute approximate surface area is 158 Å². The third-order valence-electron chi connectivity index (χ3n) is 4.57. The van der Waals surface area contributed by atoms with Gasteiger partial charge >= 0.3 is 0 Å². The van der Waals surface area contributed by atoms with Crippen molar-refractivity contribution in [2.75, 3.05) is 7.11 Å². The van der Waals surface area contributed by atoms with Crippen LogP contribution in [0.3, 0.4) is 0 Å². The molecule has 0 amide bonds. The van der Waals surface area contributed by atoms with Crippen molar-refractivity contribution in [3.63, 3.8) is 0 Å². The lowest BCUT2D eigenvalue weighted by Crippen LogP contribution is -1.99. The van der Waals surface area contributed by atoms with Gasteiger partial charge in [0.25, 0.3) is 0 Å². The molecule has 0 aliphatic carbocycles. The van der Waals surface area contributed by atoms with Crippen molar-refractivity contribution in [2.45, 2.75) is 20.4 Å². The molecule has 1 aliphatic heterocycles. The molecule has 0 radical (unpaired) electrons. The minimum absolute atomic E-state index is 0.744. The zero-order chi connectivity index (χ0) is 18.8. The van der Waals surface area contributed by atoms with E-state index < -0.39 is 0 Å². The Kier molecular flexibility index (Phi) is 4.50. The van der Waals surface area contributed by atoms with Gasteiger partial charge in [0, 0.05) is 23.5 Å². The lowest BCUT2D eigenvalue weighted by atomic mass is 10.2. The molecule has 0 saturated heterocycles. The summed E-state index contributed by atoms with van der Waals surface area (Å²) in [4.78, 5) is 8.00. The number of hydrogen-bond donors (Lipinski definition) is 1. The van der Waals surface area contributed by atoms with Gasteiger partial charge in [-0.2, -0.15) is 5.10 Å². The van der Waals surface area contributed by atoms with Gasteiger partial charge in [-0.05, 0) is 37.1 Å². The zero-order valence-electron chi connectivity index (χ0n) is 15.7. The van der Waals surface area contributed by atoms with Crippen LogP contribution in [0.15, 0.2) is 71.1 Å². The van der Waals surface area contributed by atoms with Gasteiger partial charge in [0.2, 0.25) is 0 Å². The van der Waals surface area contributed by atoms with Crippen LogP contribution < -0.4 is 4.74 Å². The molecule has 3 heterocycles. The van der Waals surface area contributed by atoms with Crippen molar-refractivity contribution >= 4 is 11.8 Å². The van der Waals surface area contributed by atoms with Crippen LogP contribution in [0, 0.1) is 0 Å². The second kappa shape index (κ2) is 7.11. The monoisotopic (exact) mass is 358 g/mol. The van der Waals surface area contributed by atoms with Crippen LogP contribution >= 0.6 is 0 Å². The highest BCUT2D eigenvalue weighted by Gasteiger charge is 2.13. The number of hydrogen-bond acceptors (Lipinski definition) is 3. The Morgan fingerprint density at radius 3 is 2.70 bits per heavy atom. The molecule has 27 heavy (non-hydrogen) atoms. The number of aliphatic imine (C=N–C) groups is 1. The zero-order valence-corrected chi connectivity index (χ0v) is 15.7. The van der Waals surface area contributed by atoms with Crippen LogP contribution in [0.2, 0.25) is 0 Å². The Hall–Kier alpha value is -3.34. The molecule has 1 N–H and O–H groups in total. The summed E-state index contributed by atoms with van der Waals surface area (Å²) in [6, 6.07) is 12.3. The maximum Gasteiger partial charge on any atom is 0.144 e. The second-order valence-electron chi connectivity index (χ2n) is 6.69. The third kappa shape index (κ3) is 3.62. The molecule has 4 rings (SSSR count). The maximum atomic E-state index is 5.55. The third-order valence-corrected chi connectivity index (χ3v) is 4.57. The van der Waals surface area contributed by atoms with E-state index in [-0.39, 0.29) is 0 Å². The second-order valence-corrected chi connectivity index (χ2v) is 6.69. The van der Waals surface area contributed by atoms with Crippen molar-refractivity contribution in [1.82, 2.24) is 14.8 Å². The van der Waals surface area contributed by atoms with Gasteiger partial charge in [0.05, 0.1) is 36.9 Å². The first-order valence-corrected chi connectivity index (χ1v) is 8.92. The molecular weight excluding hydrogens is 336 g/mol. The van der Waals surface area contributed by atoms with Crippen molar-refractivity contribution in [2.24, 2.45) is 4.99 Å². The summed E-state index contributed by atoms with van der Waals surface area (Å²) in [7, 11) is 1.68. The van der Waals surface area contributed by atoms with Crippen LogP contribution in [-0.4, -0.2) is 27.6 Å². The van der Waals surface area contributed by atoms with Crippen molar-refractivity contribution < 1.29 is 4.74 Å². The van der Waals surface area contributed by atoms with Crippen molar-refractivity contribution in [3.8, 4) is 17.0 Å². The predicted octanol–water partition coefficient (Wildman–Crippen LogP) is 4.70. The molecule has 136 valence electrons. The number of ether oxygens (including phenoxy) is 1. The summed E-state index contributed by atoms with van der Waals surface area (Å²) >= 11 is 0. The highest BCUT2D eigenvalue weighted by molar-refractivity contribution is 5.98. The number of benzene rings is 1. The number of nitrogens with zero attached hydrogens (tertiary/aromatic N) is 3. The number of H-pyrrole nitrogens is 1. The Morgan fingerprint density at radius 1 is 1.19 bits per heavy atom. The molecule has 0 fully saturated rings. The number of aromatic amines is 1. The van der Waals surface area contributed by atoms with Crippen molar-refractivity contribution in [3.05, 3.63) is 77.4 Å². The molecule has 5 heteroatoms. The summed E-state index contributed by atoms with van der Waals surface area (Å²) < 4.78 is 7.49. The standard InChI is InChI=1S/C22H22N4O/c1-15-9-16(2)24-19(15)10-21-22(27-3)11-20(25-21)18-12-23-26(14-18)13-17-7-5-4-6-8-17/h4-12,14,25H,13H2,1-3H3. The predicted molar refractivity (Wildman–Crippen MR) is 109 cm³/mol. The number of allylic oxidation sites excluding steroid dienone is 2. The molecule has 0 spiro atoms. The average molecular weight is 358 g/mol.